The molecule has 0 radical (unpaired) electrons. The van der Waals surface area contributed by atoms with Gasteiger partial charge < -0.3 is 5.73 Å². The van der Waals surface area contributed by atoms with E-state index in [1.54, 1.807) is 11.3 Å². The van der Waals surface area contributed by atoms with Crippen LogP contribution in [-0.2, 0) is 13.0 Å². The minimum absolute atomic E-state index is 0.705. The molecule has 0 spiro atoms. The molecule has 2 rings (SSSR count). The maximum Gasteiger partial charge on any atom is 0.0941 e. The van der Waals surface area contributed by atoms with E-state index in [2.05, 4.69) is 15.3 Å². The fourth-order valence-corrected chi connectivity index (χ4v) is 2.81. The fraction of sp³-hybridized carbons (Fsp3) is 0.727. The molecule has 0 amide bonds. The number of likely N-dealkylation sites (tertiary alicyclic amines) is 1. The lowest BCUT2D eigenvalue weighted by Crippen LogP contribution is -2.29. The molecule has 1 aliphatic rings. The predicted molar refractivity (Wildman–Crippen MR) is 64.0 cm³/mol. The lowest BCUT2D eigenvalue weighted by molar-refractivity contribution is 0.219. The van der Waals surface area contributed by atoms with Gasteiger partial charge in [-0.05, 0) is 32.5 Å². The lowest BCUT2D eigenvalue weighted by atomic mass is 10.1. The molecule has 4 heteroatoms. The van der Waals surface area contributed by atoms with Gasteiger partial charge in [0.05, 0.1) is 10.7 Å². The highest BCUT2D eigenvalue weighted by molar-refractivity contribution is 7.09. The van der Waals surface area contributed by atoms with Crippen LogP contribution in [0, 0.1) is 0 Å². The van der Waals surface area contributed by atoms with Gasteiger partial charge in [-0.1, -0.05) is 6.42 Å². The van der Waals surface area contributed by atoms with Crippen LogP contribution in [0.2, 0.25) is 0 Å². The molecule has 2 N–H and O–H groups in total. The topological polar surface area (TPSA) is 42.1 Å². The minimum Gasteiger partial charge on any atom is -0.330 e. The molecule has 1 aromatic rings. The van der Waals surface area contributed by atoms with Gasteiger partial charge >= 0.3 is 0 Å². The molecule has 0 bridgehead atoms. The van der Waals surface area contributed by atoms with Gasteiger partial charge in [0.2, 0.25) is 0 Å². The fourth-order valence-electron chi connectivity index (χ4n) is 2.01. The van der Waals surface area contributed by atoms with Crippen molar-refractivity contribution in [2.24, 2.45) is 5.73 Å². The first-order valence-electron chi connectivity index (χ1n) is 5.74. The van der Waals surface area contributed by atoms with Crippen LogP contribution in [-0.4, -0.2) is 29.5 Å². The average Bonchev–Trinajstić information content (AvgIpc) is 2.68. The molecule has 3 nitrogen and oxygen atoms in total. The molecule has 0 aliphatic carbocycles. The van der Waals surface area contributed by atoms with Crippen molar-refractivity contribution in [3.05, 3.63) is 16.1 Å². The molecule has 15 heavy (non-hydrogen) atoms. The van der Waals surface area contributed by atoms with E-state index in [1.807, 2.05) is 0 Å². The number of nitrogens with two attached hydrogens (primary N) is 1. The van der Waals surface area contributed by atoms with E-state index < -0.39 is 0 Å². The van der Waals surface area contributed by atoms with Crippen molar-refractivity contribution in [1.82, 2.24) is 9.88 Å². The van der Waals surface area contributed by atoms with E-state index >= 15 is 0 Å². The Hall–Kier alpha value is -0.450. The highest BCUT2D eigenvalue weighted by Gasteiger charge is 2.11. The molecule has 0 atom stereocenters. The van der Waals surface area contributed by atoms with Gasteiger partial charge in [0.25, 0.3) is 0 Å². The van der Waals surface area contributed by atoms with Gasteiger partial charge in [0, 0.05) is 18.3 Å². The molecular formula is C11H19N3S. The van der Waals surface area contributed by atoms with E-state index in [-0.39, 0.29) is 0 Å². The molecule has 84 valence electrons. The first kappa shape index (κ1) is 11.0. The second-order valence-corrected chi connectivity index (χ2v) is 5.05. The Morgan fingerprint density at radius 1 is 1.33 bits per heavy atom. The standard InChI is InChI=1S/C11H19N3S/c12-5-4-11-13-10(9-15-11)8-14-6-2-1-3-7-14/h9H,1-8,12H2. The second-order valence-electron chi connectivity index (χ2n) is 4.11. The Morgan fingerprint density at radius 3 is 2.87 bits per heavy atom. The van der Waals surface area contributed by atoms with E-state index in [0.717, 1.165) is 13.0 Å². The largest absolute Gasteiger partial charge is 0.330 e. The molecule has 1 aliphatic heterocycles. The summed E-state index contributed by atoms with van der Waals surface area (Å²) in [4.78, 5) is 7.10. The number of thiazole rings is 1. The third-order valence-corrected chi connectivity index (χ3v) is 3.75. The van der Waals surface area contributed by atoms with Crippen LogP contribution < -0.4 is 5.73 Å². The zero-order valence-electron chi connectivity index (χ0n) is 9.11. The van der Waals surface area contributed by atoms with Gasteiger partial charge in [0.1, 0.15) is 0 Å². The molecule has 0 saturated carbocycles. The number of hydrogen-bond donors (Lipinski definition) is 1. The Bertz CT molecular complexity index is 292. The number of aromatic nitrogens is 1. The summed E-state index contributed by atoms with van der Waals surface area (Å²) >= 11 is 1.74. The summed E-state index contributed by atoms with van der Waals surface area (Å²) in [7, 11) is 0. The quantitative estimate of drug-likeness (QED) is 0.847. The zero-order chi connectivity index (χ0) is 10.5. The minimum atomic E-state index is 0.705. The summed E-state index contributed by atoms with van der Waals surface area (Å²) in [5, 5.41) is 3.36. The highest BCUT2D eigenvalue weighted by atomic mass is 32.1. The smallest absolute Gasteiger partial charge is 0.0941 e. The summed E-state index contributed by atoms with van der Waals surface area (Å²) in [5.74, 6) is 0. The van der Waals surface area contributed by atoms with Gasteiger partial charge in [-0.2, -0.15) is 0 Å². The number of piperidine rings is 1. The van der Waals surface area contributed by atoms with Crippen LogP contribution in [0.15, 0.2) is 5.38 Å². The lowest BCUT2D eigenvalue weighted by Gasteiger charge is -2.25. The molecule has 1 fully saturated rings. The van der Waals surface area contributed by atoms with Crippen molar-refractivity contribution < 1.29 is 0 Å². The van der Waals surface area contributed by atoms with Crippen molar-refractivity contribution in [2.75, 3.05) is 19.6 Å². The maximum atomic E-state index is 5.51. The van der Waals surface area contributed by atoms with Crippen LogP contribution >= 0.6 is 11.3 Å². The first-order valence-corrected chi connectivity index (χ1v) is 6.62. The summed E-state index contributed by atoms with van der Waals surface area (Å²) in [6.45, 7) is 4.21. The molecular weight excluding hydrogens is 206 g/mol. The SMILES string of the molecule is NCCc1nc(CN2CCCCC2)cs1. The van der Waals surface area contributed by atoms with Crippen LogP contribution in [0.3, 0.4) is 0 Å². The van der Waals surface area contributed by atoms with Crippen LogP contribution in [0.4, 0.5) is 0 Å². The normalized spacial score (nSPS) is 18.2. The van der Waals surface area contributed by atoms with E-state index in [1.165, 1.54) is 43.1 Å². The highest BCUT2D eigenvalue weighted by Crippen LogP contribution is 2.15. The van der Waals surface area contributed by atoms with Crippen molar-refractivity contribution >= 4 is 11.3 Å². The molecule has 0 aromatic carbocycles. The molecule has 0 unspecified atom stereocenters. The van der Waals surface area contributed by atoms with Gasteiger partial charge in [0.15, 0.2) is 0 Å². The number of rotatable bonds is 4. The van der Waals surface area contributed by atoms with Crippen molar-refractivity contribution in [3.63, 3.8) is 0 Å². The monoisotopic (exact) mass is 225 g/mol. The summed E-state index contributed by atoms with van der Waals surface area (Å²) in [5.41, 5.74) is 6.74. The first-order chi connectivity index (χ1) is 7.38. The molecule has 2 heterocycles. The van der Waals surface area contributed by atoms with E-state index in [4.69, 9.17) is 5.73 Å². The second kappa shape index (κ2) is 5.58. The van der Waals surface area contributed by atoms with Crippen molar-refractivity contribution in [2.45, 2.75) is 32.2 Å². The Labute approximate surface area is 95.3 Å². The molecule has 1 aromatic heterocycles. The predicted octanol–water partition coefficient (Wildman–Crippen LogP) is 1.63. The Morgan fingerprint density at radius 2 is 2.13 bits per heavy atom. The maximum absolute atomic E-state index is 5.51. The third kappa shape index (κ3) is 3.26. The van der Waals surface area contributed by atoms with Crippen LogP contribution in [0.25, 0.3) is 0 Å². The zero-order valence-corrected chi connectivity index (χ0v) is 9.93. The summed E-state index contributed by atoms with van der Waals surface area (Å²) in [6.07, 6.45) is 5.01. The van der Waals surface area contributed by atoms with Crippen molar-refractivity contribution in [3.8, 4) is 0 Å². The number of nitrogens with zero attached hydrogens (tertiary/aromatic N) is 2. The van der Waals surface area contributed by atoms with E-state index in [0.29, 0.717) is 6.54 Å². The van der Waals surface area contributed by atoms with E-state index in [9.17, 15) is 0 Å². The van der Waals surface area contributed by atoms with Gasteiger partial charge in [-0.3, -0.25) is 4.90 Å². The third-order valence-electron chi connectivity index (χ3n) is 2.79. The van der Waals surface area contributed by atoms with Gasteiger partial charge in [-0.15, -0.1) is 11.3 Å². The van der Waals surface area contributed by atoms with Crippen LogP contribution in [0.1, 0.15) is 30.0 Å². The summed E-state index contributed by atoms with van der Waals surface area (Å²) < 4.78 is 0. The van der Waals surface area contributed by atoms with Gasteiger partial charge in [-0.25, -0.2) is 4.98 Å². The average molecular weight is 225 g/mol. The molecule has 1 saturated heterocycles. The van der Waals surface area contributed by atoms with Crippen molar-refractivity contribution in [1.29, 1.82) is 0 Å². The number of hydrogen-bond acceptors (Lipinski definition) is 4. The Balaban J connectivity index is 1.86. The van der Waals surface area contributed by atoms with Crippen LogP contribution in [0.5, 0.6) is 0 Å². The summed E-state index contributed by atoms with van der Waals surface area (Å²) in [6, 6.07) is 0. The Kier molecular flexibility index (Phi) is 4.11.